The van der Waals surface area contributed by atoms with Crippen molar-refractivity contribution in [2.75, 3.05) is 0 Å². The molecule has 0 atom stereocenters. The SMILES string of the molecule is CCC(C)(C)C(=O)OC(C)(C)C(C)C. The van der Waals surface area contributed by atoms with E-state index >= 15 is 0 Å². The largest absolute Gasteiger partial charge is 0.459 e. The predicted octanol–water partition coefficient (Wildman–Crippen LogP) is 3.40. The third kappa shape index (κ3) is 3.32. The molecule has 0 aromatic heterocycles. The molecule has 0 spiro atoms. The molecule has 0 fully saturated rings. The summed E-state index contributed by atoms with van der Waals surface area (Å²) in [6, 6.07) is 0. The maximum absolute atomic E-state index is 11.8. The van der Waals surface area contributed by atoms with E-state index in [-0.39, 0.29) is 17.0 Å². The fourth-order valence-electron chi connectivity index (χ4n) is 0.639. The molecular weight excluding hydrogens is 176 g/mol. The number of carbonyl (C=O) groups is 1. The van der Waals surface area contributed by atoms with Gasteiger partial charge in [0.15, 0.2) is 0 Å². The molecular formula is C12H24O2. The van der Waals surface area contributed by atoms with Crippen molar-refractivity contribution < 1.29 is 9.53 Å². The molecule has 0 saturated heterocycles. The molecule has 0 aromatic rings. The Bertz CT molecular complexity index is 202. The Morgan fingerprint density at radius 2 is 1.64 bits per heavy atom. The molecule has 0 amide bonds. The number of esters is 1. The van der Waals surface area contributed by atoms with Crippen LogP contribution in [0.25, 0.3) is 0 Å². The molecule has 84 valence electrons. The quantitative estimate of drug-likeness (QED) is 0.650. The Balaban J connectivity index is 4.48. The molecule has 0 aliphatic carbocycles. The number of hydrogen-bond donors (Lipinski definition) is 0. The van der Waals surface area contributed by atoms with Gasteiger partial charge in [0.25, 0.3) is 0 Å². The maximum Gasteiger partial charge on any atom is 0.312 e. The molecule has 0 heterocycles. The third-order valence-corrected chi connectivity index (χ3v) is 3.18. The number of carbonyl (C=O) groups excluding carboxylic acids is 1. The minimum Gasteiger partial charge on any atom is -0.459 e. The van der Waals surface area contributed by atoms with E-state index in [0.717, 1.165) is 6.42 Å². The Labute approximate surface area is 88.0 Å². The van der Waals surface area contributed by atoms with E-state index in [2.05, 4.69) is 13.8 Å². The van der Waals surface area contributed by atoms with Gasteiger partial charge in [-0.05, 0) is 40.0 Å². The van der Waals surface area contributed by atoms with Crippen LogP contribution in [0.15, 0.2) is 0 Å². The topological polar surface area (TPSA) is 26.3 Å². The monoisotopic (exact) mass is 200 g/mol. The van der Waals surface area contributed by atoms with Gasteiger partial charge in [-0.1, -0.05) is 20.8 Å². The second-order valence-corrected chi connectivity index (χ2v) is 5.39. The third-order valence-electron chi connectivity index (χ3n) is 3.18. The van der Waals surface area contributed by atoms with Crippen LogP contribution in [0.1, 0.15) is 54.9 Å². The first-order valence-corrected chi connectivity index (χ1v) is 5.37. The zero-order chi connectivity index (χ0) is 11.6. The molecule has 2 heteroatoms. The highest BCUT2D eigenvalue weighted by molar-refractivity contribution is 5.76. The minimum absolute atomic E-state index is 0.0984. The highest BCUT2D eigenvalue weighted by atomic mass is 16.6. The minimum atomic E-state index is -0.372. The van der Waals surface area contributed by atoms with Crippen LogP contribution in [0.4, 0.5) is 0 Å². The number of ether oxygens (including phenoxy) is 1. The van der Waals surface area contributed by atoms with Gasteiger partial charge in [0.1, 0.15) is 5.60 Å². The number of hydrogen-bond acceptors (Lipinski definition) is 2. The molecule has 0 N–H and O–H groups in total. The molecule has 0 aromatic carbocycles. The van der Waals surface area contributed by atoms with Crippen LogP contribution in [-0.2, 0) is 9.53 Å². The summed E-state index contributed by atoms with van der Waals surface area (Å²) in [5.41, 5.74) is -0.740. The van der Waals surface area contributed by atoms with Crippen molar-refractivity contribution in [2.45, 2.75) is 60.5 Å². The lowest BCUT2D eigenvalue weighted by atomic mass is 9.89. The predicted molar refractivity (Wildman–Crippen MR) is 59.1 cm³/mol. The van der Waals surface area contributed by atoms with Crippen molar-refractivity contribution in [1.82, 2.24) is 0 Å². The van der Waals surface area contributed by atoms with Gasteiger partial charge >= 0.3 is 5.97 Å². The first-order valence-electron chi connectivity index (χ1n) is 5.37. The Kier molecular flexibility index (Phi) is 4.16. The summed E-state index contributed by atoms with van der Waals surface area (Å²) in [5.74, 6) is 0.234. The van der Waals surface area contributed by atoms with Crippen molar-refractivity contribution in [3.05, 3.63) is 0 Å². The average Bonchev–Trinajstić information content (AvgIpc) is 2.03. The van der Waals surface area contributed by atoms with E-state index in [4.69, 9.17) is 4.74 Å². The van der Waals surface area contributed by atoms with E-state index < -0.39 is 0 Å². The van der Waals surface area contributed by atoms with Crippen molar-refractivity contribution >= 4 is 5.97 Å². The van der Waals surface area contributed by atoms with Crippen LogP contribution in [-0.4, -0.2) is 11.6 Å². The summed E-state index contributed by atoms with van der Waals surface area (Å²) in [4.78, 5) is 11.8. The van der Waals surface area contributed by atoms with Crippen molar-refractivity contribution in [1.29, 1.82) is 0 Å². The van der Waals surface area contributed by atoms with E-state index in [0.29, 0.717) is 5.92 Å². The highest BCUT2D eigenvalue weighted by Crippen LogP contribution is 2.28. The average molecular weight is 200 g/mol. The molecule has 2 nitrogen and oxygen atoms in total. The van der Waals surface area contributed by atoms with Gasteiger partial charge in [-0.15, -0.1) is 0 Å². The van der Waals surface area contributed by atoms with E-state index in [9.17, 15) is 4.79 Å². The van der Waals surface area contributed by atoms with Gasteiger partial charge in [-0.3, -0.25) is 4.79 Å². The zero-order valence-corrected chi connectivity index (χ0v) is 10.6. The van der Waals surface area contributed by atoms with Gasteiger partial charge < -0.3 is 4.74 Å². The lowest BCUT2D eigenvalue weighted by Gasteiger charge is -2.33. The van der Waals surface area contributed by atoms with Gasteiger partial charge in [-0.25, -0.2) is 0 Å². The normalized spacial score (nSPS) is 13.1. The summed E-state index contributed by atoms with van der Waals surface area (Å²) in [5, 5.41) is 0. The van der Waals surface area contributed by atoms with Crippen LogP contribution in [0.5, 0.6) is 0 Å². The second kappa shape index (κ2) is 4.33. The Morgan fingerprint density at radius 1 is 1.21 bits per heavy atom. The Morgan fingerprint density at radius 3 is 1.93 bits per heavy atom. The fraction of sp³-hybridized carbons (Fsp3) is 0.917. The van der Waals surface area contributed by atoms with Crippen molar-refractivity contribution in [3.8, 4) is 0 Å². The second-order valence-electron chi connectivity index (χ2n) is 5.39. The van der Waals surface area contributed by atoms with Crippen molar-refractivity contribution in [2.24, 2.45) is 11.3 Å². The fourth-order valence-corrected chi connectivity index (χ4v) is 0.639. The summed E-state index contributed by atoms with van der Waals surface area (Å²) < 4.78 is 5.52. The molecule has 0 rings (SSSR count). The summed E-state index contributed by atoms with van der Waals surface area (Å²) in [6.07, 6.45) is 0.806. The standard InChI is InChI=1S/C12H24O2/c1-8-11(4,5)10(13)14-12(6,7)9(2)3/h9H,8H2,1-7H3. The molecule has 0 unspecified atom stereocenters. The molecule has 0 aliphatic rings. The van der Waals surface area contributed by atoms with E-state index in [1.165, 1.54) is 0 Å². The molecule has 0 bridgehead atoms. The first kappa shape index (κ1) is 13.5. The van der Waals surface area contributed by atoms with Crippen LogP contribution in [0.2, 0.25) is 0 Å². The first-order chi connectivity index (χ1) is 6.13. The molecule has 0 saturated carbocycles. The molecule has 0 radical (unpaired) electrons. The van der Waals surface area contributed by atoms with Crippen molar-refractivity contribution in [3.63, 3.8) is 0 Å². The van der Waals surface area contributed by atoms with Crippen LogP contribution in [0, 0.1) is 11.3 Å². The zero-order valence-electron chi connectivity index (χ0n) is 10.6. The van der Waals surface area contributed by atoms with Gasteiger partial charge in [0, 0.05) is 0 Å². The lowest BCUT2D eigenvalue weighted by Crippen LogP contribution is -2.38. The maximum atomic E-state index is 11.8. The van der Waals surface area contributed by atoms with Gasteiger partial charge in [0.05, 0.1) is 5.41 Å². The smallest absolute Gasteiger partial charge is 0.312 e. The summed E-state index contributed by atoms with van der Waals surface area (Å²) in [6.45, 7) is 13.9. The number of rotatable bonds is 4. The van der Waals surface area contributed by atoms with Crippen LogP contribution >= 0.6 is 0 Å². The van der Waals surface area contributed by atoms with Gasteiger partial charge in [-0.2, -0.15) is 0 Å². The Hall–Kier alpha value is -0.530. The highest BCUT2D eigenvalue weighted by Gasteiger charge is 2.34. The van der Waals surface area contributed by atoms with Crippen LogP contribution in [0.3, 0.4) is 0 Å². The van der Waals surface area contributed by atoms with E-state index in [1.54, 1.807) is 0 Å². The van der Waals surface area contributed by atoms with Crippen LogP contribution < -0.4 is 0 Å². The van der Waals surface area contributed by atoms with E-state index in [1.807, 2.05) is 34.6 Å². The molecule has 14 heavy (non-hydrogen) atoms. The summed E-state index contributed by atoms with van der Waals surface area (Å²) in [7, 11) is 0. The van der Waals surface area contributed by atoms with Gasteiger partial charge in [0.2, 0.25) is 0 Å². The molecule has 0 aliphatic heterocycles. The summed E-state index contributed by atoms with van der Waals surface area (Å²) >= 11 is 0. The lowest BCUT2D eigenvalue weighted by molar-refractivity contribution is -0.171.